The van der Waals surface area contributed by atoms with Crippen LogP contribution in [0, 0.1) is 23.1 Å². The molecule has 35 heavy (non-hydrogen) atoms. The zero-order valence-electron chi connectivity index (χ0n) is 19.7. The highest BCUT2D eigenvalue weighted by molar-refractivity contribution is 5.99. The van der Waals surface area contributed by atoms with Crippen LogP contribution in [-0.2, 0) is 0 Å². The summed E-state index contributed by atoms with van der Waals surface area (Å²) in [5.74, 6) is -0.505. The third-order valence-corrected chi connectivity index (χ3v) is 8.51. The number of likely N-dealkylation sites (tertiary alicyclic amines) is 1. The van der Waals surface area contributed by atoms with Crippen molar-refractivity contribution in [1.82, 2.24) is 14.8 Å². The Morgan fingerprint density at radius 2 is 1.86 bits per heavy atom. The average Bonchev–Trinajstić information content (AvgIpc) is 3.76. The highest BCUT2D eigenvalue weighted by Gasteiger charge is 2.64. The molecule has 1 aromatic carbocycles. The summed E-state index contributed by atoms with van der Waals surface area (Å²) in [6, 6.07) is 4.80. The van der Waals surface area contributed by atoms with Gasteiger partial charge in [-0.1, -0.05) is 18.2 Å². The van der Waals surface area contributed by atoms with Crippen LogP contribution in [0.2, 0.25) is 0 Å². The third kappa shape index (κ3) is 3.84. The average molecular weight is 487 g/mol. The SMILES string of the molecule is C[C@@H](NC(=O)c1cn([C@@H]2CC23CC3)c(=O)cc1N[C@H]1[C@@H]2CN(C)C[C@@H]21)c1cccc(C(F)F)c1F. The highest BCUT2D eigenvalue weighted by Crippen LogP contribution is 2.72. The fourth-order valence-corrected chi connectivity index (χ4v) is 6.06. The number of fused-ring (bicyclic) bond motifs is 1. The number of anilines is 1. The molecule has 1 aliphatic heterocycles. The fourth-order valence-electron chi connectivity index (χ4n) is 6.06. The minimum absolute atomic E-state index is 0.00197. The van der Waals surface area contributed by atoms with E-state index >= 15 is 0 Å². The predicted molar refractivity (Wildman–Crippen MR) is 125 cm³/mol. The van der Waals surface area contributed by atoms with Gasteiger partial charge in [0.15, 0.2) is 0 Å². The number of aromatic nitrogens is 1. The van der Waals surface area contributed by atoms with Crippen molar-refractivity contribution in [2.75, 3.05) is 25.5 Å². The smallest absolute Gasteiger partial charge is 0.266 e. The Morgan fingerprint density at radius 1 is 1.17 bits per heavy atom. The molecule has 4 fully saturated rings. The summed E-state index contributed by atoms with van der Waals surface area (Å²) < 4.78 is 42.7. The quantitative estimate of drug-likeness (QED) is 0.618. The molecular weight excluding hydrogens is 457 g/mol. The van der Waals surface area contributed by atoms with Gasteiger partial charge in [-0.15, -0.1) is 0 Å². The largest absolute Gasteiger partial charge is 0.381 e. The lowest BCUT2D eigenvalue weighted by molar-refractivity contribution is 0.0939. The van der Waals surface area contributed by atoms with Crippen molar-refractivity contribution < 1.29 is 18.0 Å². The number of rotatable bonds is 7. The first-order chi connectivity index (χ1) is 16.7. The maximum atomic E-state index is 14.7. The maximum Gasteiger partial charge on any atom is 0.266 e. The first-order valence-electron chi connectivity index (χ1n) is 12.3. The van der Waals surface area contributed by atoms with Crippen LogP contribution in [0.15, 0.2) is 35.3 Å². The second-order valence-corrected chi connectivity index (χ2v) is 10.9. The van der Waals surface area contributed by atoms with Crippen molar-refractivity contribution in [3.8, 4) is 0 Å². The molecule has 1 aromatic heterocycles. The van der Waals surface area contributed by atoms with Crippen LogP contribution in [-0.4, -0.2) is 41.6 Å². The van der Waals surface area contributed by atoms with E-state index in [1.807, 2.05) is 0 Å². The summed E-state index contributed by atoms with van der Waals surface area (Å²) in [7, 11) is 2.08. The summed E-state index contributed by atoms with van der Waals surface area (Å²) in [5, 5.41) is 6.19. The van der Waals surface area contributed by atoms with Gasteiger partial charge >= 0.3 is 0 Å². The van der Waals surface area contributed by atoms with E-state index in [1.165, 1.54) is 18.2 Å². The molecule has 0 bridgehead atoms. The molecule has 1 amide bonds. The van der Waals surface area contributed by atoms with Crippen LogP contribution < -0.4 is 16.2 Å². The van der Waals surface area contributed by atoms with Gasteiger partial charge < -0.3 is 20.1 Å². The van der Waals surface area contributed by atoms with Gasteiger partial charge in [0.05, 0.1) is 22.9 Å². The third-order valence-electron chi connectivity index (χ3n) is 8.51. The molecule has 6 rings (SSSR count). The normalized spacial score (nSPS) is 28.6. The molecule has 3 aliphatic carbocycles. The van der Waals surface area contributed by atoms with E-state index in [4.69, 9.17) is 0 Å². The van der Waals surface area contributed by atoms with E-state index in [9.17, 15) is 22.8 Å². The lowest BCUT2D eigenvalue weighted by Crippen LogP contribution is -2.32. The van der Waals surface area contributed by atoms with Crippen molar-refractivity contribution in [2.45, 2.75) is 50.7 Å². The summed E-state index contributed by atoms with van der Waals surface area (Å²) in [4.78, 5) is 28.7. The Balaban J connectivity index is 1.28. The van der Waals surface area contributed by atoms with Gasteiger partial charge in [-0.25, -0.2) is 13.2 Å². The molecule has 0 radical (unpaired) electrons. The first-order valence-corrected chi connectivity index (χ1v) is 12.3. The minimum atomic E-state index is -2.94. The molecule has 4 aliphatic rings. The molecule has 2 N–H and O–H groups in total. The first kappa shape index (κ1) is 22.6. The number of benzene rings is 1. The second-order valence-electron chi connectivity index (χ2n) is 10.9. The van der Waals surface area contributed by atoms with Crippen molar-refractivity contribution in [3.05, 3.63) is 63.3 Å². The standard InChI is InChI=1S/C26H29F3N4O2/c1-13(14-4-3-5-15(22(14)27)24(28)29)30-25(35)18-12-33(20-9-26(20)6-7-26)21(34)8-19(18)31-23-16-10-32(2)11-17(16)23/h3-5,8,12-13,16-17,20,23-24,31H,6-7,9-11H2,1-2H3,(H,30,35)/t13-,16-,17+,20-,23+/m1/s1. The minimum Gasteiger partial charge on any atom is -0.381 e. The molecule has 186 valence electrons. The van der Waals surface area contributed by atoms with E-state index in [-0.39, 0.29) is 28.6 Å². The zero-order valence-corrected chi connectivity index (χ0v) is 19.7. The molecular formula is C26H29F3N4O2. The molecule has 2 aromatic rings. The van der Waals surface area contributed by atoms with Crippen LogP contribution >= 0.6 is 0 Å². The number of piperidine rings is 1. The lowest BCUT2D eigenvalue weighted by Gasteiger charge is -2.20. The predicted octanol–water partition coefficient (Wildman–Crippen LogP) is 4.11. The van der Waals surface area contributed by atoms with Crippen molar-refractivity contribution in [3.63, 3.8) is 0 Å². The monoisotopic (exact) mass is 486 g/mol. The molecule has 6 nitrogen and oxygen atoms in total. The molecule has 1 saturated heterocycles. The number of carbonyl (C=O) groups excluding carboxylic acids is 1. The van der Waals surface area contributed by atoms with E-state index in [0.717, 1.165) is 38.4 Å². The Kier molecular flexibility index (Phi) is 5.08. The van der Waals surface area contributed by atoms with E-state index in [0.29, 0.717) is 23.1 Å². The highest BCUT2D eigenvalue weighted by atomic mass is 19.3. The van der Waals surface area contributed by atoms with Crippen LogP contribution in [0.5, 0.6) is 0 Å². The number of halogens is 3. The summed E-state index contributed by atoms with van der Waals surface area (Å²) >= 11 is 0. The molecule has 9 heteroatoms. The zero-order chi connectivity index (χ0) is 24.6. The lowest BCUT2D eigenvalue weighted by atomic mass is 10.0. The van der Waals surface area contributed by atoms with Crippen LogP contribution in [0.1, 0.15) is 66.2 Å². The van der Waals surface area contributed by atoms with Gasteiger partial charge in [0, 0.05) is 43.0 Å². The van der Waals surface area contributed by atoms with E-state index < -0.39 is 29.8 Å². The number of nitrogens with one attached hydrogen (secondary N) is 2. The number of hydrogen-bond acceptors (Lipinski definition) is 4. The van der Waals surface area contributed by atoms with Crippen molar-refractivity contribution in [2.24, 2.45) is 17.3 Å². The number of nitrogens with zero attached hydrogens (tertiary/aromatic N) is 2. The molecule has 1 spiro atoms. The van der Waals surface area contributed by atoms with Gasteiger partial charge in [-0.05, 0) is 50.5 Å². The van der Waals surface area contributed by atoms with Gasteiger partial charge in [-0.2, -0.15) is 0 Å². The summed E-state index contributed by atoms with van der Waals surface area (Å²) in [6.45, 7) is 3.51. The Bertz CT molecular complexity index is 1250. The van der Waals surface area contributed by atoms with Crippen LogP contribution in [0.25, 0.3) is 0 Å². The maximum absolute atomic E-state index is 14.7. The Hall–Kier alpha value is -2.81. The number of carbonyl (C=O) groups is 1. The van der Waals surface area contributed by atoms with Crippen LogP contribution in [0.3, 0.4) is 0 Å². The van der Waals surface area contributed by atoms with Gasteiger partial charge in [0.2, 0.25) is 0 Å². The molecule has 5 atom stereocenters. The topological polar surface area (TPSA) is 66.4 Å². The number of pyridine rings is 1. The number of amides is 1. The van der Waals surface area contributed by atoms with Gasteiger partial charge in [0.25, 0.3) is 17.9 Å². The molecule has 2 heterocycles. The number of alkyl halides is 2. The molecule has 0 unspecified atom stereocenters. The molecule has 3 saturated carbocycles. The second kappa shape index (κ2) is 7.85. The fraction of sp³-hybridized carbons (Fsp3) is 0.538. The summed E-state index contributed by atoms with van der Waals surface area (Å²) in [5.41, 5.74) is 0.195. The van der Waals surface area contributed by atoms with Gasteiger partial charge in [-0.3, -0.25) is 9.59 Å². The van der Waals surface area contributed by atoms with E-state index in [2.05, 4.69) is 22.6 Å². The van der Waals surface area contributed by atoms with Crippen molar-refractivity contribution in [1.29, 1.82) is 0 Å². The van der Waals surface area contributed by atoms with Gasteiger partial charge in [0.1, 0.15) is 5.82 Å². The van der Waals surface area contributed by atoms with Crippen LogP contribution in [0.4, 0.5) is 18.9 Å². The summed E-state index contributed by atoms with van der Waals surface area (Å²) in [6.07, 6.45) is 1.83. The van der Waals surface area contributed by atoms with E-state index in [1.54, 1.807) is 17.7 Å². The number of hydrogen-bond donors (Lipinski definition) is 2. The Labute approximate surface area is 201 Å². The Morgan fingerprint density at radius 3 is 2.49 bits per heavy atom. The van der Waals surface area contributed by atoms with Crippen molar-refractivity contribution >= 4 is 11.6 Å².